The van der Waals surface area contributed by atoms with Crippen molar-refractivity contribution in [3.8, 4) is 5.75 Å². The average molecular weight is 271 g/mol. The third kappa shape index (κ3) is 3.02. The van der Waals surface area contributed by atoms with E-state index >= 15 is 0 Å². The molecule has 0 amide bonds. The molecule has 4 heteroatoms. The second kappa shape index (κ2) is 6.09. The van der Waals surface area contributed by atoms with Gasteiger partial charge in [-0.25, -0.2) is 0 Å². The number of hydrogen-bond acceptors (Lipinski definition) is 3. The Bertz CT molecular complexity index is 538. The summed E-state index contributed by atoms with van der Waals surface area (Å²) in [6, 6.07) is 10.9. The number of rotatable bonds is 5. The molecule has 2 heterocycles. The molecule has 1 aromatic carbocycles. The summed E-state index contributed by atoms with van der Waals surface area (Å²) in [5.74, 6) is 0.935. The van der Waals surface area contributed by atoms with Crippen LogP contribution in [0.5, 0.6) is 5.75 Å². The van der Waals surface area contributed by atoms with Crippen LogP contribution >= 0.6 is 0 Å². The third-order valence-corrected chi connectivity index (χ3v) is 3.98. The Labute approximate surface area is 120 Å². The van der Waals surface area contributed by atoms with E-state index in [0.717, 1.165) is 18.8 Å². The molecule has 1 fully saturated rings. The van der Waals surface area contributed by atoms with Crippen molar-refractivity contribution in [3.05, 3.63) is 48.3 Å². The van der Waals surface area contributed by atoms with Crippen LogP contribution in [0.2, 0.25) is 0 Å². The fourth-order valence-electron chi connectivity index (χ4n) is 2.94. The number of nitrogens with zero attached hydrogens (tertiary/aromatic N) is 3. The van der Waals surface area contributed by atoms with Crippen molar-refractivity contribution in [2.24, 2.45) is 0 Å². The van der Waals surface area contributed by atoms with E-state index in [1.54, 1.807) is 7.11 Å². The van der Waals surface area contributed by atoms with Crippen molar-refractivity contribution in [2.45, 2.75) is 32.0 Å². The molecule has 2 aromatic rings. The predicted molar refractivity (Wildman–Crippen MR) is 78.7 cm³/mol. The van der Waals surface area contributed by atoms with Crippen LogP contribution in [0.25, 0.3) is 0 Å². The molecule has 20 heavy (non-hydrogen) atoms. The molecular weight excluding hydrogens is 250 g/mol. The lowest BCUT2D eigenvalue weighted by atomic mass is 10.1. The van der Waals surface area contributed by atoms with Crippen molar-refractivity contribution >= 4 is 0 Å². The van der Waals surface area contributed by atoms with Crippen molar-refractivity contribution in [1.82, 2.24) is 14.7 Å². The van der Waals surface area contributed by atoms with Gasteiger partial charge in [0.15, 0.2) is 0 Å². The molecule has 1 atom stereocenters. The van der Waals surface area contributed by atoms with Gasteiger partial charge in [-0.1, -0.05) is 12.1 Å². The standard InChI is InChI=1S/C16H21N3O/c1-20-16-7-2-5-14(11-16)12-18-9-3-6-15(18)13-19-10-4-8-17-19/h2,4-5,7-8,10-11,15H,3,6,9,12-13H2,1H3/t15-/m1/s1. The highest BCUT2D eigenvalue weighted by Gasteiger charge is 2.24. The molecule has 106 valence electrons. The average Bonchev–Trinajstić information content (AvgIpc) is 3.12. The first-order valence-corrected chi connectivity index (χ1v) is 7.19. The molecule has 1 saturated heterocycles. The summed E-state index contributed by atoms with van der Waals surface area (Å²) in [6.07, 6.45) is 6.42. The van der Waals surface area contributed by atoms with E-state index in [1.165, 1.54) is 24.9 Å². The van der Waals surface area contributed by atoms with Crippen molar-refractivity contribution < 1.29 is 4.74 Å². The molecule has 1 aromatic heterocycles. The molecule has 0 bridgehead atoms. The Hall–Kier alpha value is -1.81. The summed E-state index contributed by atoms with van der Waals surface area (Å²) < 4.78 is 7.34. The van der Waals surface area contributed by atoms with Gasteiger partial charge in [0.25, 0.3) is 0 Å². The van der Waals surface area contributed by atoms with E-state index in [4.69, 9.17) is 4.74 Å². The first-order valence-electron chi connectivity index (χ1n) is 7.19. The molecule has 3 rings (SSSR count). The van der Waals surface area contributed by atoms with Gasteiger partial charge < -0.3 is 4.74 Å². The van der Waals surface area contributed by atoms with Crippen LogP contribution in [0.15, 0.2) is 42.7 Å². The SMILES string of the molecule is COc1cccc(CN2CCC[C@@H]2Cn2cccn2)c1. The van der Waals surface area contributed by atoms with Crippen LogP contribution in [-0.2, 0) is 13.1 Å². The summed E-state index contributed by atoms with van der Waals surface area (Å²) in [5.41, 5.74) is 1.32. The molecule has 0 spiro atoms. The zero-order valence-corrected chi connectivity index (χ0v) is 11.9. The van der Waals surface area contributed by atoms with E-state index in [-0.39, 0.29) is 0 Å². The predicted octanol–water partition coefficient (Wildman–Crippen LogP) is 2.56. The summed E-state index contributed by atoms with van der Waals surface area (Å²) >= 11 is 0. The van der Waals surface area contributed by atoms with Crippen LogP contribution in [0, 0.1) is 0 Å². The van der Waals surface area contributed by atoms with Gasteiger partial charge in [0.1, 0.15) is 5.75 Å². The molecule has 1 aliphatic heterocycles. The quantitative estimate of drug-likeness (QED) is 0.837. The lowest BCUT2D eigenvalue weighted by Crippen LogP contribution is -2.32. The van der Waals surface area contributed by atoms with Gasteiger partial charge in [0.2, 0.25) is 0 Å². The van der Waals surface area contributed by atoms with Gasteiger partial charge >= 0.3 is 0 Å². The first-order chi connectivity index (χ1) is 9.85. The molecule has 0 aliphatic carbocycles. The van der Waals surface area contributed by atoms with Crippen LogP contribution in [-0.4, -0.2) is 34.4 Å². The molecule has 1 aliphatic rings. The minimum atomic E-state index is 0.584. The highest BCUT2D eigenvalue weighted by Crippen LogP contribution is 2.22. The first kappa shape index (κ1) is 13.2. The highest BCUT2D eigenvalue weighted by molar-refractivity contribution is 5.28. The van der Waals surface area contributed by atoms with Gasteiger partial charge in [-0.2, -0.15) is 5.10 Å². The van der Waals surface area contributed by atoms with Gasteiger partial charge in [-0.3, -0.25) is 9.58 Å². The molecule has 0 N–H and O–H groups in total. The minimum absolute atomic E-state index is 0.584. The topological polar surface area (TPSA) is 30.3 Å². The van der Waals surface area contributed by atoms with Gasteiger partial charge in [-0.05, 0) is 43.1 Å². The van der Waals surface area contributed by atoms with Gasteiger partial charge in [0.05, 0.1) is 13.7 Å². The third-order valence-electron chi connectivity index (χ3n) is 3.98. The Balaban J connectivity index is 1.66. The fourth-order valence-corrected chi connectivity index (χ4v) is 2.94. The van der Waals surface area contributed by atoms with E-state index in [2.05, 4.69) is 28.2 Å². The molecular formula is C16H21N3O. The zero-order chi connectivity index (χ0) is 13.8. The summed E-state index contributed by atoms with van der Waals surface area (Å²) in [6.45, 7) is 3.14. The van der Waals surface area contributed by atoms with Gasteiger partial charge in [-0.15, -0.1) is 0 Å². The molecule has 0 radical (unpaired) electrons. The number of hydrogen-bond donors (Lipinski definition) is 0. The largest absolute Gasteiger partial charge is 0.497 e. The zero-order valence-electron chi connectivity index (χ0n) is 11.9. The second-order valence-electron chi connectivity index (χ2n) is 5.35. The van der Waals surface area contributed by atoms with Crippen molar-refractivity contribution in [3.63, 3.8) is 0 Å². The minimum Gasteiger partial charge on any atom is -0.497 e. The number of methoxy groups -OCH3 is 1. The van der Waals surface area contributed by atoms with E-state index < -0.39 is 0 Å². The summed E-state index contributed by atoms with van der Waals surface area (Å²) in [7, 11) is 1.72. The number of aromatic nitrogens is 2. The van der Waals surface area contributed by atoms with Crippen LogP contribution < -0.4 is 4.74 Å². The Morgan fingerprint density at radius 3 is 3.10 bits per heavy atom. The highest BCUT2D eigenvalue weighted by atomic mass is 16.5. The number of benzene rings is 1. The number of ether oxygens (including phenoxy) is 1. The Kier molecular flexibility index (Phi) is 4.02. The van der Waals surface area contributed by atoms with Crippen molar-refractivity contribution in [1.29, 1.82) is 0 Å². The lowest BCUT2D eigenvalue weighted by Gasteiger charge is -2.24. The van der Waals surface area contributed by atoms with E-state index in [0.29, 0.717) is 6.04 Å². The van der Waals surface area contributed by atoms with E-state index in [9.17, 15) is 0 Å². The normalized spacial score (nSPS) is 19.4. The fraction of sp³-hybridized carbons (Fsp3) is 0.438. The summed E-state index contributed by atoms with van der Waals surface area (Å²) in [4.78, 5) is 2.55. The molecule has 0 saturated carbocycles. The molecule has 4 nitrogen and oxygen atoms in total. The van der Waals surface area contributed by atoms with Crippen LogP contribution in [0.3, 0.4) is 0 Å². The van der Waals surface area contributed by atoms with Crippen molar-refractivity contribution in [2.75, 3.05) is 13.7 Å². The maximum Gasteiger partial charge on any atom is 0.119 e. The molecule has 0 unspecified atom stereocenters. The maximum absolute atomic E-state index is 5.30. The lowest BCUT2D eigenvalue weighted by molar-refractivity contribution is 0.219. The Morgan fingerprint density at radius 1 is 1.35 bits per heavy atom. The smallest absolute Gasteiger partial charge is 0.119 e. The second-order valence-corrected chi connectivity index (χ2v) is 5.35. The van der Waals surface area contributed by atoms with Crippen LogP contribution in [0.4, 0.5) is 0 Å². The van der Waals surface area contributed by atoms with E-state index in [1.807, 2.05) is 29.2 Å². The maximum atomic E-state index is 5.30. The Morgan fingerprint density at radius 2 is 2.30 bits per heavy atom. The van der Waals surface area contributed by atoms with Crippen LogP contribution in [0.1, 0.15) is 18.4 Å². The number of likely N-dealkylation sites (tertiary alicyclic amines) is 1. The monoisotopic (exact) mass is 271 g/mol. The van der Waals surface area contributed by atoms with Gasteiger partial charge in [0, 0.05) is 25.0 Å². The summed E-state index contributed by atoms with van der Waals surface area (Å²) in [5, 5.41) is 4.32.